The molecule has 6 rings (SSSR count). The van der Waals surface area contributed by atoms with E-state index in [0.717, 1.165) is 25.2 Å². The number of para-hydroxylation sites is 1. The van der Waals surface area contributed by atoms with Crippen LogP contribution in [0.5, 0.6) is 0 Å². The van der Waals surface area contributed by atoms with E-state index in [1.54, 1.807) is 0 Å². The summed E-state index contributed by atoms with van der Waals surface area (Å²) in [6, 6.07) is 8.91. The third kappa shape index (κ3) is 1.46. The number of amides is 1. The fourth-order valence-corrected chi connectivity index (χ4v) is 5.72. The molecule has 4 heteroatoms. The van der Waals surface area contributed by atoms with Gasteiger partial charge in [0.2, 0.25) is 0 Å². The van der Waals surface area contributed by atoms with Gasteiger partial charge in [0.25, 0.3) is 0 Å². The molecule has 4 bridgehead atoms. The van der Waals surface area contributed by atoms with E-state index in [9.17, 15) is 4.79 Å². The summed E-state index contributed by atoms with van der Waals surface area (Å²) in [5.41, 5.74) is 3.77. The number of hydrogen-bond acceptors (Lipinski definition) is 3. The van der Waals surface area contributed by atoms with Crippen LogP contribution in [0.25, 0.3) is 0 Å². The number of anilines is 1. The van der Waals surface area contributed by atoms with Gasteiger partial charge < -0.3 is 4.74 Å². The van der Waals surface area contributed by atoms with E-state index in [1.807, 2.05) is 11.0 Å². The van der Waals surface area contributed by atoms with Crippen LogP contribution in [0.2, 0.25) is 0 Å². The molecular formula is C20H22N2O2. The molecule has 4 nitrogen and oxygen atoms in total. The predicted molar refractivity (Wildman–Crippen MR) is 93.2 cm³/mol. The normalized spacial score (nSPS) is 39.8. The highest BCUT2D eigenvalue weighted by molar-refractivity contribution is 5.93. The van der Waals surface area contributed by atoms with E-state index < -0.39 is 0 Å². The van der Waals surface area contributed by atoms with Crippen LogP contribution in [0.4, 0.5) is 10.5 Å². The maximum absolute atomic E-state index is 12.7. The quantitative estimate of drug-likeness (QED) is 0.688. The molecule has 0 radical (unpaired) electrons. The Morgan fingerprint density at radius 1 is 1.33 bits per heavy atom. The van der Waals surface area contributed by atoms with Crippen LogP contribution in [0, 0.1) is 5.92 Å². The van der Waals surface area contributed by atoms with E-state index in [1.165, 1.54) is 18.2 Å². The second-order valence-corrected chi connectivity index (χ2v) is 7.28. The Morgan fingerprint density at radius 3 is 2.96 bits per heavy atom. The van der Waals surface area contributed by atoms with E-state index in [4.69, 9.17) is 4.74 Å². The van der Waals surface area contributed by atoms with Crippen molar-refractivity contribution < 1.29 is 9.53 Å². The summed E-state index contributed by atoms with van der Waals surface area (Å²) in [5, 5.41) is 0. The Morgan fingerprint density at radius 2 is 2.17 bits per heavy atom. The largest absolute Gasteiger partial charge is 0.452 e. The maximum atomic E-state index is 12.7. The first kappa shape index (κ1) is 14.3. The lowest BCUT2D eigenvalue weighted by molar-refractivity contribution is 0.168. The average molecular weight is 322 g/mol. The van der Waals surface area contributed by atoms with Crippen molar-refractivity contribution in [1.29, 1.82) is 0 Å². The fourth-order valence-electron chi connectivity index (χ4n) is 5.72. The van der Waals surface area contributed by atoms with Crippen LogP contribution in [0.3, 0.4) is 0 Å². The van der Waals surface area contributed by atoms with Crippen LogP contribution < -0.4 is 4.90 Å². The van der Waals surface area contributed by atoms with E-state index in [-0.39, 0.29) is 23.5 Å². The fraction of sp³-hybridized carbons (Fsp3) is 0.450. The van der Waals surface area contributed by atoms with E-state index in [0.29, 0.717) is 6.04 Å². The second kappa shape index (κ2) is 4.73. The van der Waals surface area contributed by atoms with E-state index in [2.05, 4.69) is 48.3 Å². The van der Waals surface area contributed by atoms with Crippen molar-refractivity contribution >= 4 is 11.8 Å². The van der Waals surface area contributed by atoms with Gasteiger partial charge in [0, 0.05) is 30.5 Å². The Balaban J connectivity index is 1.81. The lowest BCUT2D eigenvalue weighted by atomic mass is 9.63. The molecule has 2 fully saturated rings. The second-order valence-electron chi connectivity index (χ2n) is 7.28. The summed E-state index contributed by atoms with van der Waals surface area (Å²) in [6.45, 7) is 4.21. The average Bonchev–Trinajstić information content (AvgIpc) is 3.03. The van der Waals surface area contributed by atoms with Crippen molar-refractivity contribution in [1.82, 2.24) is 4.90 Å². The standard InChI is InChI=1S/C20H22N2O2/c1-3-13-12-21-11-10-20-15-6-4-5-7-16(15)22(19(23)24-2)18(20)14(13)8-9-17(20)21/h3-9,14,17-18H,10-12H2,1-2H3/b13-3+. The number of ether oxygens (including phenoxy) is 1. The molecular weight excluding hydrogens is 300 g/mol. The molecule has 2 saturated heterocycles. The summed E-state index contributed by atoms with van der Waals surface area (Å²) in [7, 11) is 1.48. The van der Waals surface area contributed by atoms with Gasteiger partial charge in [0.15, 0.2) is 0 Å². The van der Waals surface area contributed by atoms with Crippen molar-refractivity contribution in [3.05, 3.63) is 53.6 Å². The summed E-state index contributed by atoms with van der Waals surface area (Å²) in [4.78, 5) is 17.3. The third-order valence-electron chi connectivity index (χ3n) is 6.60. The molecule has 1 amide bonds. The first-order valence-corrected chi connectivity index (χ1v) is 8.76. The molecule has 5 atom stereocenters. The monoisotopic (exact) mass is 322 g/mol. The van der Waals surface area contributed by atoms with Gasteiger partial charge in [-0.2, -0.15) is 0 Å². The minimum atomic E-state index is -0.237. The molecule has 24 heavy (non-hydrogen) atoms. The first-order chi connectivity index (χ1) is 11.7. The Hall–Kier alpha value is -2.07. The zero-order valence-corrected chi connectivity index (χ0v) is 14.1. The summed E-state index contributed by atoms with van der Waals surface area (Å²) in [6.07, 6.45) is 7.83. The third-order valence-corrected chi connectivity index (χ3v) is 6.60. The number of methoxy groups -OCH3 is 1. The van der Waals surface area contributed by atoms with Gasteiger partial charge in [-0.25, -0.2) is 4.79 Å². The van der Waals surface area contributed by atoms with Crippen LogP contribution in [0.1, 0.15) is 18.9 Å². The zero-order valence-electron chi connectivity index (χ0n) is 14.1. The molecule has 1 spiro atoms. The lowest BCUT2D eigenvalue weighted by Gasteiger charge is -2.43. The van der Waals surface area contributed by atoms with Crippen LogP contribution in [-0.2, 0) is 10.2 Å². The van der Waals surface area contributed by atoms with Crippen LogP contribution in [-0.4, -0.2) is 43.3 Å². The molecule has 0 N–H and O–H groups in total. The maximum Gasteiger partial charge on any atom is 0.414 e. The molecule has 5 unspecified atom stereocenters. The number of fused-ring (bicyclic) bond motifs is 2. The predicted octanol–water partition coefficient (Wildman–Crippen LogP) is 3.10. The Labute approximate surface area is 142 Å². The summed E-state index contributed by atoms with van der Waals surface area (Å²) in [5.74, 6) is 0.267. The topological polar surface area (TPSA) is 32.8 Å². The van der Waals surface area contributed by atoms with Gasteiger partial charge in [0.1, 0.15) is 0 Å². The lowest BCUT2D eigenvalue weighted by Crippen LogP contribution is -2.56. The minimum Gasteiger partial charge on any atom is -0.452 e. The molecule has 0 aromatic heterocycles. The van der Waals surface area contributed by atoms with Crippen molar-refractivity contribution in [3.8, 4) is 0 Å². The van der Waals surface area contributed by atoms with Gasteiger partial charge in [-0.05, 0) is 25.0 Å². The van der Waals surface area contributed by atoms with E-state index >= 15 is 0 Å². The number of allylic oxidation sites excluding steroid dienone is 1. The highest BCUT2D eigenvalue weighted by Crippen LogP contribution is 2.60. The molecule has 4 aliphatic heterocycles. The number of carbonyl (C=O) groups excluding carboxylic acids is 1. The molecule has 1 aliphatic carbocycles. The number of carbonyl (C=O) groups is 1. The SMILES string of the molecule is C/C=C1\CN2CCC34c5ccccc5N(C(=O)OC)C3C1C=CC24. The van der Waals surface area contributed by atoms with Gasteiger partial charge in [-0.3, -0.25) is 9.80 Å². The number of rotatable bonds is 0. The Kier molecular flexibility index (Phi) is 2.82. The van der Waals surface area contributed by atoms with Gasteiger partial charge >= 0.3 is 6.09 Å². The van der Waals surface area contributed by atoms with Gasteiger partial charge in [0.05, 0.1) is 18.8 Å². The van der Waals surface area contributed by atoms with Crippen molar-refractivity contribution in [2.45, 2.75) is 30.8 Å². The highest BCUT2D eigenvalue weighted by Gasteiger charge is 2.65. The summed E-state index contributed by atoms with van der Waals surface area (Å²) < 4.78 is 5.19. The van der Waals surface area contributed by atoms with Crippen molar-refractivity contribution in [2.75, 3.05) is 25.1 Å². The van der Waals surface area contributed by atoms with Crippen molar-refractivity contribution in [2.24, 2.45) is 5.92 Å². The van der Waals surface area contributed by atoms with Crippen LogP contribution >= 0.6 is 0 Å². The molecule has 4 heterocycles. The Bertz CT molecular complexity index is 784. The molecule has 5 aliphatic rings. The molecule has 1 aromatic rings. The van der Waals surface area contributed by atoms with Crippen LogP contribution in [0.15, 0.2) is 48.1 Å². The van der Waals surface area contributed by atoms with Gasteiger partial charge in [-0.1, -0.05) is 42.0 Å². The minimum absolute atomic E-state index is 0.00500. The first-order valence-electron chi connectivity index (χ1n) is 8.76. The number of nitrogens with zero attached hydrogens (tertiary/aromatic N) is 2. The smallest absolute Gasteiger partial charge is 0.414 e. The van der Waals surface area contributed by atoms with Crippen molar-refractivity contribution in [3.63, 3.8) is 0 Å². The molecule has 0 saturated carbocycles. The zero-order chi connectivity index (χ0) is 16.5. The molecule has 124 valence electrons. The van der Waals surface area contributed by atoms with Gasteiger partial charge in [-0.15, -0.1) is 0 Å². The number of benzene rings is 1. The number of hydrogen-bond donors (Lipinski definition) is 0. The molecule has 1 aromatic carbocycles. The summed E-state index contributed by atoms with van der Waals surface area (Å²) >= 11 is 0. The highest BCUT2D eigenvalue weighted by atomic mass is 16.5.